The fourth-order valence-corrected chi connectivity index (χ4v) is 3.05. The highest BCUT2D eigenvalue weighted by Gasteiger charge is 2.54. The molecule has 3 rings (SSSR count). The Morgan fingerprint density at radius 2 is 2.00 bits per heavy atom. The predicted molar refractivity (Wildman–Crippen MR) is 77.9 cm³/mol. The van der Waals surface area contributed by atoms with Crippen molar-refractivity contribution in [2.24, 2.45) is 5.73 Å². The molecule has 1 saturated heterocycles. The zero-order chi connectivity index (χ0) is 17.5. The Morgan fingerprint density at radius 3 is 2.58 bits per heavy atom. The summed E-state index contributed by atoms with van der Waals surface area (Å²) < 4.78 is 43.9. The maximum absolute atomic E-state index is 12.9. The molecule has 24 heavy (non-hydrogen) atoms. The molecule has 1 atom stereocenters. The van der Waals surface area contributed by atoms with Crippen LogP contribution >= 0.6 is 0 Å². The minimum atomic E-state index is -4.45. The SMILES string of the molecule is NC(=O)[C@H]1CN(C(=O)C2(c3cccc(C(F)(F)F)c3)CC2)CCO1. The number of carbonyl (C=O) groups is 2. The summed E-state index contributed by atoms with van der Waals surface area (Å²) >= 11 is 0. The Bertz CT molecular complexity index is 671. The average molecular weight is 342 g/mol. The predicted octanol–water partition coefficient (Wildman–Crippen LogP) is 1.45. The Hall–Kier alpha value is -2.09. The van der Waals surface area contributed by atoms with E-state index in [1.54, 1.807) is 6.07 Å². The van der Waals surface area contributed by atoms with Crippen molar-refractivity contribution in [2.45, 2.75) is 30.5 Å². The normalized spacial score (nSPS) is 23.0. The van der Waals surface area contributed by atoms with Gasteiger partial charge in [-0.3, -0.25) is 9.59 Å². The quantitative estimate of drug-likeness (QED) is 0.904. The number of ether oxygens (including phenoxy) is 1. The molecule has 130 valence electrons. The lowest BCUT2D eigenvalue weighted by atomic mass is 9.92. The van der Waals surface area contributed by atoms with Crippen LogP contribution in [0, 0.1) is 0 Å². The van der Waals surface area contributed by atoms with Gasteiger partial charge in [-0.15, -0.1) is 0 Å². The van der Waals surface area contributed by atoms with Crippen LogP contribution < -0.4 is 5.73 Å². The van der Waals surface area contributed by atoms with E-state index in [0.717, 1.165) is 12.1 Å². The van der Waals surface area contributed by atoms with Crippen LogP contribution in [0.15, 0.2) is 24.3 Å². The lowest BCUT2D eigenvalue weighted by molar-refractivity contribution is -0.147. The van der Waals surface area contributed by atoms with Crippen molar-refractivity contribution in [1.29, 1.82) is 0 Å². The molecular weight excluding hydrogens is 325 g/mol. The van der Waals surface area contributed by atoms with Gasteiger partial charge in [-0.05, 0) is 24.5 Å². The number of carbonyl (C=O) groups excluding carboxylic acids is 2. The van der Waals surface area contributed by atoms with Crippen LogP contribution in [-0.2, 0) is 25.9 Å². The van der Waals surface area contributed by atoms with E-state index in [0.29, 0.717) is 24.9 Å². The molecule has 0 unspecified atom stereocenters. The maximum Gasteiger partial charge on any atom is 0.416 e. The summed E-state index contributed by atoms with van der Waals surface area (Å²) in [6.07, 6.45) is -4.34. The molecular formula is C16H17F3N2O3. The van der Waals surface area contributed by atoms with Crippen molar-refractivity contribution in [1.82, 2.24) is 4.90 Å². The van der Waals surface area contributed by atoms with E-state index in [1.807, 2.05) is 0 Å². The van der Waals surface area contributed by atoms with Gasteiger partial charge in [-0.2, -0.15) is 13.2 Å². The molecule has 1 aromatic rings. The van der Waals surface area contributed by atoms with Crippen LogP contribution in [0.5, 0.6) is 0 Å². The van der Waals surface area contributed by atoms with Crippen LogP contribution in [0.25, 0.3) is 0 Å². The number of nitrogens with zero attached hydrogens (tertiary/aromatic N) is 1. The summed E-state index contributed by atoms with van der Waals surface area (Å²) in [6, 6.07) is 4.89. The number of hydrogen-bond donors (Lipinski definition) is 1. The zero-order valence-corrected chi connectivity index (χ0v) is 12.8. The Morgan fingerprint density at radius 1 is 1.29 bits per heavy atom. The lowest BCUT2D eigenvalue weighted by Crippen LogP contribution is -2.52. The van der Waals surface area contributed by atoms with Gasteiger partial charge in [-0.1, -0.05) is 18.2 Å². The molecule has 2 amide bonds. The van der Waals surface area contributed by atoms with Crippen molar-refractivity contribution in [3.05, 3.63) is 35.4 Å². The standard InChI is InChI=1S/C16H17F3N2O3/c17-16(18,19)11-3-1-2-10(8-11)15(4-5-15)14(23)21-6-7-24-12(9-21)13(20)22/h1-3,8,12H,4-7,9H2,(H2,20,22)/t12-/m1/s1. The molecule has 8 heteroatoms. The molecule has 0 spiro atoms. The van der Waals surface area contributed by atoms with Gasteiger partial charge >= 0.3 is 6.18 Å². The monoisotopic (exact) mass is 342 g/mol. The fourth-order valence-electron chi connectivity index (χ4n) is 3.05. The Labute approximate surface area is 136 Å². The van der Waals surface area contributed by atoms with Crippen molar-refractivity contribution in [2.75, 3.05) is 19.7 Å². The first-order valence-corrected chi connectivity index (χ1v) is 7.62. The van der Waals surface area contributed by atoms with E-state index >= 15 is 0 Å². The smallest absolute Gasteiger partial charge is 0.367 e. The van der Waals surface area contributed by atoms with Crippen LogP contribution in [0.1, 0.15) is 24.0 Å². The zero-order valence-electron chi connectivity index (χ0n) is 12.8. The molecule has 5 nitrogen and oxygen atoms in total. The number of alkyl halides is 3. The minimum Gasteiger partial charge on any atom is -0.367 e. The molecule has 2 aliphatic rings. The molecule has 0 radical (unpaired) electrons. The Balaban J connectivity index is 1.83. The molecule has 1 aromatic carbocycles. The molecule has 2 fully saturated rings. The minimum absolute atomic E-state index is 0.0366. The van der Waals surface area contributed by atoms with Crippen molar-refractivity contribution < 1.29 is 27.5 Å². The van der Waals surface area contributed by atoms with Crippen LogP contribution in [0.3, 0.4) is 0 Å². The summed E-state index contributed by atoms with van der Waals surface area (Å²) in [5.41, 5.74) is 3.87. The third-order valence-electron chi connectivity index (χ3n) is 4.57. The summed E-state index contributed by atoms with van der Waals surface area (Å²) in [5.74, 6) is -0.923. The number of rotatable bonds is 3. The van der Waals surface area contributed by atoms with E-state index in [-0.39, 0.29) is 19.1 Å². The van der Waals surface area contributed by atoms with Crippen molar-refractivity contribution in [3.8, 4) is 0 Å². The first kappa shape index (κ1) is 16.8. The van der Waals surface area contributed by atoms with Gasteiger partial charge in [0.25, 0.3) is 0 Å². The van der Waals surface area contributed by atoms with Gasteiger partial charge in [-0.25, -0.2) is 0 Å². The van der Waals surface area contributed by atoms with E-state index in [4.69, 9.17) is 10.5 Å². The van der Waals surface area contributed by atoms with Crippen LogP contribution in [0.4, 0.5) is 13.2 Å². The molecule has 0 aromatic heterocycles. The molecule has 2 N–H and O–H groups in total. The van der Waals surface area contributed by atoms with Gasteiger partial charge in [0.05, 0.1) is 24.1 Å². The van der Waals surface area contributed by atoms with Gasteiger partial charge in [0.1, 0.15) is 0 Å². The van der Waals surface area contributed by atoms with Gasteiger partial charge in [0.15, 0.2) is 6.10 Å². The van der Waals surface area contributed by atoms with Crippen molar-refractivity contribution >= 4 is 11.8 Å². The van der Waals surface area contributed by atoms with E-state index in [2.05, 4.69) is 0 Å². The number of halogens is 3. The van der Waals surface area contributed by atoms with Crippen molar-refractivity contribution in [3.63, 3.8) is 0 Å². The third-order valence-corrected chi connectivity index (χ3v) is 4.57. The molecule has 1 heterocycles. The highest BCUT2D eigenvalue weighted by atomic mass is 19.4. The summed E-state index contributed by atoms with van der Waals surface area (Å²) in [7, 11) is 0. The first-order chi connectivity index (χ1) is 11.2. The second kappa shape index (κ2) is 5.77. The second-order valence-corrected chi connectivity index (χ2v) is 6.17. The van der Waals surface area contributed by atoms with E-state index in [9.17, 15) is 22.8 Å². The highest BCUT2D eigenvalue weighted by Crippen LogP contribution is 2.50. The molecule has 1 aliphatic carbocycles. The molecule has 1 saturated carbocycles. The van der Waals surface area contributed by atoms with Gasteiger partial charge in [0.2, 0.25) is 11.8 Å². The fraction of sp³-hybridized carbons (Fsp3) is 0.500. The first-order valence-electron chi connectivity index (χ1n) is 7.62. The van der Waals surface area contributed by atoms with E-state index in [1.165, 1.54) is 11.0 Å². The van der Waals surface area contributed by atoms with Gasteiger partial charge < -0.3 is 15.4 Å². The summed E-state index contributed by atoms with van der Waals surface area (Å²) in [5, 5.41) is 0. The number of hydrogen-bond acceptors (Lipinski definition) is 3. The molecule has 0 bridgehead atoms. The largest absolute Gasteiger partial charge is 0.416 e. The lowest BCUT2D eigenvalue weighted by Gasteiger charge is -2.34. The number of nitrogens with two attached hydrogens (primary N) is 1. The second-order valence-electron chi connectivity index (χ2n) is 6.17. The number of benzene rings is 1. The van der Waals surface area contributed by atoms with Crippen LogP contribution in [-0.4, -0.2) is 42.5 Å². The van der Waals surface area contributed by atoms with E-state index < -0.39 is 29.2 Å². The maximum atomic E-state index is 12.9. The number of morpholine rings is 1. The number of amides is 2. The average Bonchev–Trinajstić information content (AvgIpc) is 3.35. The number of primary amides is 1. The Kier molecular flexibility index (Phi) is 4.03. The summed E-state index contributed by atoms with van der Waals surface area (Å²) in [6.45, 7) is 0.510. The third kappa shape index (κ3) is 2.98. The van der Waals surface area contributed by atoms with Crippen LogP contribution in [0.2, 0.25) is 0 Å². The highest BCUT2D eigenvalue weighted by molar-refractivity contribution is 5.92. The molecule has 1 aliphatic heterocycles. The topological polar surface area (TPSA) is 72.6 Å². The van der Waals surface area contributed by atoms with Gasteiger partial charge in [0, 0.05) is 6.54 Å². The summed E-state index contributed by atoms with van der Waals surface area (Å²) in [4.78, 5) is 25.6.